The summed E-state index contributed by atoms with van der Waals surface area (Å²) in [6.07, 6.45) is 1.42. The molecule has 1 N–H and O–H groups in total. The SMILES string of the molecule is CN(C)[C@H](CNC(=O)c1cccc(N2CCCC2=O)c1)c1ccc2c(c1)OCO2. The average Bonchev–Trinajstić information content (AvgIpc) is 3.36. The van der Waals surface area contributed by atoms with E-state index >= 15 is 0 Å². The molecule has 0 aromatic heterocycles. The van der Waals surface area contributed by atoms with Crippen LogP contribution in [0.2, 0.25) is 0 Å². The van der Waals surface area contributed by atoms with Gasteiger partial charge in [0, 0.05) is 30.8 Å². The molecule has 1 atom stereocenters. The van der Waals surface area contributed by atoms with Crippen LogP contribution in [-0.4, -0.2) is 50.7 Å². The summed E-state index contributed by atoms with van der Waals surface area (Å²) >= 11 is 0. The van der Waals surface area contributed by atoms with Crippen LogP contribution in [0.4, 0.5) is 5.69 Å². The number of carbonyl (C=O) groups is 2. The number of anilines is 1. The van der Waals surface area contributed by atoms with Crippen molar-refractivity contribution in [1.82, 2.24) is 10.2 Å². The molecule has 1 saturated heterocycles. The number of nitrogens with one attached hydrogen (secondary N) is 1. The first-order valence-corrected chi connectivity index (χ1v) is 9.77. The highest BCUT2D eigenvalue weighted by molar-refractivity contribution is 5.99. The number of hydrogen-bond donors (Lipinski definition) is 1. The Labute approximate surface area is 170 Å². The van der Waals surface area contributed by atoms with Crippen LogP contribution < -0.4 is 19.7 Å². The maximum Gasteiger partial charge on any atom is 0.251 e. The van der Waals surface area contributed by atoms with Crippen LogP contribution in [0.5, 0.6) is 11.5 Å². The van der Waals surface area contributed by atoms with E-state index in [1.165, 1.54) is 0 Å². The van der Waals surface area contributed by atoms with E-state index in [4.69, 9.17) is 9.47 Å². The first-order valence-electron chi connectivity index (χ1n) is 9.77. The summed E-state index contributed by atoms with van der Waals surface area (Å²) in [5, 5.41) is 3.02. The Morgan fingerprint density at radius 3 is 2.76 bits per heavy atom. The lowest BCUT2D eigenvalue weighted by atomic mass is 10.0. The lowest BCUT2D eigenvalue weighted by Gasteiger charge is -2.25. The Morgan fingerprint density at radius 1 is 1.17 bits per heavy atom. The summed E-state index contributed by atoms with van der Waals surface area (Å²) in [6, 6.07) is 13.1. The molecular formula is C22H25N3O4. The van der Waals surface area contributed by atoms with Gasteiger partial charge in [0.15, 0.2) is 11.5 Å². The number of amides is 2. The fraction of sp³-hybridized carbons (Fsp3) is 0.364. The lowest BCUT2D eigenvalue weighted by molar-refractivity contribution is -0.117. The highest BCUT2D eigenvalue weighted by atomic mass is 16.7. The Balaban J connectivity index is 1.45. The van der Waals surface area contributed by atoms with Crippen molar-refractivity contribution in [3.05, 3.63) is 53.6 Å². The van der Waals surface area contributed by atoms with Crippen LogP contribution in [0.3, 0.4) is 0 Å². The predicted molar refractivity (Wildman–Crippen MR) is 109 cm³/mol. The molecule has 2 amide bonds. The van der Waals surface area contributed by atoms with Gasteiger partial charge in [0.25, 0.3) is 5.91 Å². The van der Waals surface area contributed by atoms with Crippen molar-refractivity contribution in [3.8, 4) is 11.5 Å². The van der Waals surface area contributed by atoms with Crippen LogP contribution >= 0.6 is 0 Å². The third-order valence-corrected chi connectivity index (χ3v) is 5.35. The second-order valence-electron chi connectivity index (χ2n) is 7.50. The zero-order valence-electron chi connectivity index (χ0n) is 16.7. The van der Waals surface area contributed by atoms with Crippen molar-refractivity contribution in [3.63, 3.8) is 0 Å². The van der Waals surface area contributed by atoms with Crippen molar-refractivity contribution in [2.75, 3.05) is 38.9 Å². The summed E-state index contributed by atoms with van der Waals surface area (Å²) in [4.78, 5) is 28.5. The molecule has 2 heterocycles. The van der Waals surface area contributed by atoms with E-state index < -0.39 is 0 Å². The van der Waals surface area contributed by atoms with E-state index in [1.54, 1.807) is 17.0 Å². The molecule has 1 fully saturated rings. The summed E-state index contributed by atoms with van der Waals surface area (Å²) < 4.78 is 10.9. The minimum absolute atomic E-state index is 0.0169. The zero-order chi connectivity index (χ0) is 20.4. The fourth-order valence-electron chi connectivity index (χ4n) is 3.75. The maximum absolute atomic E-state index is 12.8. The number of benzene rings is 2. The molecule has 2 aromatic rings. The van der Waals surface area contributed by atoms with Gasteiger partial charge in [0.05, 0.1) is 6.04 Å². The Kier molecular flexibility index (Phi) is 5.40. The van der Waals surface area contributed by atoms with Gasteiger partial charge in [-0.05, 0) is 56.4 Å². The number of likely N-dealkylation sites (N-methyl/N-ethyl adjacent to an activating group) is 1. The van der Waals surface area contributed by atoms with Crippen molar-refractivity contribution in [2.24, 2.45) is 0 Å². The van der Waals surface area contributed by atoms with Crippen molar-refractivity contribution < 1.29 is 19.1 Å². The number of nitrogens with zero attached hydrogens (tertiary/aromatic N) is 2. The maximum atomic E-state index is 12.8. The molecule has 29 heavy (non-hydrogen) atoms. The number of rotatable bonds is 6. The number of ether oxygens (including phenoxy) is 2. The monoisotopic (exact) mass is 395 g/mol. The van der Waals surface area contributed by atoms with Gasteiger partial charge in [-0.25, -0.2) is 0 Å². The van der Waals surface area contributed by atoms with Crippen LogP contribution in [0.15, 0.2) is 42.5 Å². The van der Waals surface area contributed by atoms with E-state index in [0.29, 0.717) is 25.1 Å². The molecule has 0 bridgehead atoms. The minimum Gasteiger partial charge on any atom is -0.454 e. The molecule has 0 spiro atoms. The minimum atomic E-state index is -0.161. The summed E-state index contributed by atoms with van der Waals surface area (Å²) in [7, 11) is 3.95. The van der Waals surface area contributed by atoms with Crippen molar-refractivity contribution in [2.45, 2.75) is 18.9 Å². The van der Waals surface area contributed by atoms with Crippen LogP contribution in [0, 0.1) is 0 Å². The van der Waals surface area contributed by atoms with Gasteiger partial charge < -0.3 is 24.6 Å². The van der Waals surface area contributed by atoms with E-state index in [2.05, 4.69) is 10.2 Å². The lowest BCUT2D eigenvalue weighted by Crippen LogP contribution is -2.34. The third-order valence-electron chi connectivity index (χ3n) is 5.35. The first-order chi connectivity index (χ1) is 14.0. The standard InChI is InChI=1S/C22H25N3O4/c1-24(2)18(15-8-9-19-20(12-15)29-14-28-19)13-23-22(27)16-5-3-6-17(11-16)25-10-4-7-21(25)26/h3,5-6,8-9,11-12,18H,4,7,10,13-14H2,1-2H3,(H,23,27)/t18-/m1/s1. The third kappa shape index (κ3) is 4.05. The second kappa shape index (κ2) is 8.13. The van der Waals surface area contributed by atoms with Crippen LogP contribution in [0.25, 0.3) is 0 Å². The van der Waals surface area contributed by atoms with E-state index in [1.807, 2.05) is 44.4 Å². The normalized spacial score (nSPS) is 16.4. The molecule has 152 valence electrons. The molecule has 7 heteroatoms. The van der Waals surface area contributed by atoms with Gasteiger partial charge in [-0.3, -0.25) is 9.59 Å². The molecule has 0 saturated carbocycles. The molecule has 4 rings (SSSR count). The van der Waals surface area contributed by atoms with Crippen molar-refractivity contribution in [1.29, 1.82) is 0 Å². The van der Waals surface area contributed by atoms with Gasteiger partial charge in [-0.15, -0.1) is 0 Å². The molecule has 0 unspecified atom stereocenters. The number of carbonyl (C=O) groups excluding carboxylic acids is 2. The molecule has 2 aliphatic heterocycles. The predicted octanol–water partition coefficient (Wildman–Crippen LogP) is 2.57. The molecule has 0 aliphatic carbocycles. The largest absolute Gasteiger partial charge is 0.454 e. The summed E-state index contributed by atoms with van der Waals surface area (Å²) in [5.74, 6) is 1.41. The van der Waals surface area contributed by atoms with Gasteiger partial charge in [-0.2, -0.15) is 0 Å². The zero-order valence-corrected chi connectivity index (χ0v) is 16.7. The number of hydrogen-bond acceptors (Lipinski definition) is 5. The van der Waals surface area contributed by atoms with Crippen LogP contribution in [-0.2, 0) is 4.79 Å². The first kappa shape index (κ1) is 19.3. The van der Waals surface area contributed by atoms with Crippen LogP contribution in [0.1, 0.15) is 34.8 Å². The molecule has 0 radical (unpaired) electrons. The molecule has 2 aromatic carbocycles. The number of fused-ring (bicyclic) bond motifs is 1. The van der Waals surface area contributed by atoms with E-state index in [-0.39, 0.29) is 24.6 Å². The van der Waals surface area contributed by atoms with Gasteiger partial charge in [0.2, 0.25) is 12.7 Å². The van der Waals surface area contributed by atoms with Crippen molar-refractivity contribution >= 4 is 17.5 Å². The van der Waals surface area contributed by atoms with Gasteiger partial charge in [-0.1, -0.05) is 12.1 Å². The Morgan fingerprint density at radius 2 is 2.00 bits per heavy atom. The second-order valence-corrected chi connectivity index (χ2v) is 7.50. The topological polar surface area (TPSA) is 71.1 Å². The van der Waals surface area contributed by atoms with Gasteiger partial charge >= 0.3 is 0 Å². The smallest absolute Gasteiger partial charge is 0.251 e. The Hall–Kier alpha value is -3.06. The van der Waals surface area contributed by atoms with E-state index in [0.717, 1.165) is 29.2 Å². The van der Waals surface area contributed by atoms with Gasteiger partial charge in [0.1, 0.15) is 0 Å². The summed E-state index contributed by atoms with van der Waals surface area (Å²) in [5.41, 5.74) is 2.36. The average molecular weight is 395 g/mol. The Bertz CT molecular complexity index is 928. The quantitative estimate of drug-likeness (QED) is 0.814. The highest BCUT2D eigenvalue weighted by Gasteiger charge is 2.23. The molecular weight excluding hydrogens is 370 g/mol. The highest BCUT2D eigenvalue weighted by Crippen LogP contribution is 2.35. The van der Waals surface area contributed by atoms with E-state index in [9.17, 15) is 9.59 Å². The summed E-state index contributed by atoms with van der Waals surface area (Å²) in [6.45, 7) is 1.38. The molecule has 7 nitrogen and oxygen atoms in total. The molecule has 2 aliphatic rings. The fourth-order valence-corrected chi connectivity index (χ4v) is 3.75.